The van der Waals surface area contributed by atoms with Gasteiger partial charge in [-0.05, 0) is 18.6 Å². The number of hydrogen-bond donors (Lipinski definition) is 2. The van der Waals surface area contributed by atoms with Gasteiger partial charge in [0.15, 0.2) is 5.69 Å². The summed E-state index contributed by atoms with van der Waals surface area (Å²) >= 11 is 0. The molecule has 0 saturated heterocycles. The quantitative estimate of drug-likeness (QED) is 0.817. The number of rotatable bonds is 5. The van der Waals surface area contributed by atoms with Crippen molar-refractivity contribution in [2.24, 2.45) is 5.73 Å². The maximum absolute atomic E-state index is 11.5. The minimum absolute atomic E-state index is 0.219. The fraction of sp³-hybridized carbons (Fsp3) is 0.250. The molecule has 0 bridgehead atoms. The molecule has 0 aliphatic rings. The number of nitrogens with two attached hydrogens (primary N) is 1. The van der Waals surface area contributed by atoms with Crippen molar-refractivity contribution >= 4 is 11.9 Å². The Kier molecular flexibility index (Phi) is 3.74. The predicted molar refractivity (Wildman–Crippen MR) is 68.7 cm³/mol. The maximum atomic E-state index is 11.5. The number of hydrogen-bond acceptors (Lipinski definition) is 5. The first-order valence-electron chi connectivity index (χ1n) is 5.94. The Labute approximate surface area is 114 Å². The van der Waals surface area contributed by atoms with Crippen LogP contribution in [0.15, 0.2) is 24.5 Å². The van der Waals surface area contributed by atoms with E-state index in [9.17, 15) is 14.7 Å². The molecule has 0 aliphatic heterocycles. The lowest BCUT2D eigenvalue weighted by molar-refractivity contribution is -0.121. The monoisotopic (exact) mass is 275 g/mol. The lowest BCUT2D eigenvalue weighted by Gasteiger charge is -2.14. The Bertz CT molecular complexity index is 638. The molecule has 8 nitrogen and oxygen atoms in total. The summed E-state index contributed by atoms with van der Waals surface area (Å²) in [4.78, 5) is 26.6. The summed E-state index contributed by atoms with van der Waals surface area (Å²) in [6.45, 7) is 1.75. The second-order valence-corrected chi connectivity index (χ2v) is 4.10. The Morgan fingerprint density at radius 2 is 2.25 bits per heavy atom. The molecule has 0 saturated carbocycles. The summed E-state index contributed by atoms with van der Waals surface area (Å²) < 4.78 is 1.24. The first-order chi connectivity index (χ1) is 9.56. The number of aromatic nitrogens is 4. The fourth-order valence-corrected chi connectivity index (χ4v) is 1.92. The Balaban J connectivity index is 2.65. The molecule has 104 valence electrons. The molecule has 20 heavy (non-hydrogen) atoms. The molecule has 0 aromatic carbocycles. The minimum Gasteiger partial charge on any atom is -0.476 e. The Morgan fingerprint density at radius 1 is 1.50 bits per heavy atom. The van der Waals surface area contributed by atoms with E-state index in [4.69, 9.17) is 5.73 Å². The fourth-order valence-electron chi connectivity index (χ4n) is 1.92. The van der Waals surface area contributed by atoms with Crippen LogP contribution in [0.4, 0.5) is 0 Å². The van der Waals surface area contributed by atoms with E-state index < -0.39 is 17.9 Å². The van der Waals surface area contributed by atoms with E-state index in [1.807, 2.05) is 0 Å². The van der Waals surface area contributed by atoms with Gasteiger partial charge in [0, 0.05) is 18.0 Å². The van der Waals surface area contributed by atoms with Gasteiger partial charge < -0.3 is 10.8 Å². The van der Waals surface area contributed by atoms with Crippen molar-refractivity contribution in [1.29, 1.82) is 0 Å². The minimum atomic E-state index is -1.23. The van der Waals surface area contributed by atoms with E-state index in [2.05, 4.69) is 15.3 Å². The molecule has 2 aromatic rings. The molecule has 2 rings (SSSR count). The zero-order valence-corrected chi connectivity index (χ0v) is 10.7. The van der Waals surface area contributed by atoms with Crippen LogP contribution < -0.4 is 5.73 Å². The molecule has 8 heteroatoms. The zero-order valence-electron chi connectivity index (χ0n) is 10.7. The van der Waals surface area contributed by atoms with Crippen molar-refractivity contribution in [3.63, 3.8) is 0 Å². The number of aromatic carboxylic acids is 1. The highest BCUT2D eigenvalue weighted by molar-refractivity contribution is 5.93. The van der Waals surface area contributed by atoms with Gasteiger partial charge >= 0.3 is 5.97 Å². The highest BCUT2D eigenvalue weighted by Crippen LogP contribution is 2.25. The number of carboxylic acids is 1. The van der Waals surface area contributed by atoms with E-state index in [0.29, 0.717) is 12.0 Å². The number of carboxylic acid groups (broad SMARTS) is 1. The topological polar surface area (TPSA) is 124 Å². The van der Waals surface area contributed by atoms with E-state index in [1.165, 1.54) is 10.9 Å². The second kappa shape index (κ2) is 5.47. The molecular weight excluding hydrogens is 262 g/mol. The smallest absolute Gasteiger partial charge is 0.358 e. The summed E-state index contributed by atoms with van der Waals surface area (Å²) in [5.41, 5.74) is 5.81. The standard InChI is InChI=1S/C12H13N5O3/c1-2-8(11(13)18)17-10(7-4-3-5-14-6-7)9(12(19)20)15-16-17/h3-6,8H,2H2,1H3,(H2,13,18)(H,19,20). The normalized spacial score (nSPS) is 12.1. The third-order valence-electron chi connectivity index (χ3n) is 2.84. The van der Waals surface area contributed by atoms with Crippen LogP contribution in [0, 0.1) is 0 Å². The van der Waals surface area contributed by atoms with Crippen molar-refractivity contribution in [2.45, 2.75) is 19.4 Å². The second-order valence-electron chi connectivity index (χ2n) is 4.10. The average Bonchev–Trinajstić information content (AvgIpc) is 2.85. The molecule has 0 aliphatic carbocycles. The number of pyridine rings is 1. The van der Waals surface area contributed by atoms with Gasteiger partial charge in [-0.1, -0.05) is 12.1 Å². The van der Waals surface area contributed by atoms with Crippen LogP contribution in [0.5, 0.6) is 0 Å². The summed E-state index contributed by atoms with van der Waals surface area (Å²) in [6, 6.07) is 2.57. The number of nitrogens with zero attached hydrogens (tertiary/aromatic N) is 4. The number of carbonyl (C=O) groups is 2. The van der Waals surface area contributed by atoms with Crippen molar-refractivity contribution in [1.82, 2.24) is 20.0 Å². The molecule has 2 aromatic heterocycles. The van der Waals surface area contributed by atoms with Crippen LogP contribution in [-0.2, 0) is 4.79 Å². The lowest BCUT2D eigenvalue weighted by atomic mass is 10.1. The number of primary amides is 1. The Hall–Kier alpha value is -2.77. The van der Waals surface area contributed by atoms with Gasteiger partial charge in [0.05, 0.1) is 0 Å². The van der Waals surface area contributed by atoms with E-state index in [-0.39, 0.29) is 11.4 Å². The van der Waals surface area contributed by atoms with Crippen molar-refractivity contribution < 1.29 is 14.7 Å². The molecule has 0 fully saturated rings. The van der Waals surface area contributed by atoms with Gasteiger partial charge in [-0.3, -0.25) is 9.78 Å². The first-order valence-corrected chi connectivity index (χ1v) is 5.94. The zero-order chi connectivity index (χ0) is 14.7. The molecule has 2 heterocycles. The summed E-state index contributed by atoms with van der Waals surface area (Å²) in [6.07, 6.45) is 3.42. The van der Waals surface area contributed by atoms with Crippen molar-refractivity contribution in [3.05, 3.63) is 30.2 Å². The van der Waals surface area contributed by atoms with Crippen LogP contribution >= 0.6 is 0 Å². The van der Waals surface area contributed by atoms with Crippen LogP contribution in [0.2, 0.25) is 0 Å². The molecule has 0 spiro atoms. The lowest BCUT2D eigenvalue weighted by Crippen LogP contribution is -2.27. The van der Waals surface area contributed by atoms with Crippen molar-refractivity contribution in [3.8, 4) is 11.3 Å². The maximum Gasteiger partial charge on any atom is 0.358 e. The van der Waals surface area contributed by atoms with E-state index >= 15 is 0 Å². The van der Waals surface area contributed by atoms with Crippen LogP contribution in [0.3, 0.4) is 0 Å². The van der Waals surface area contributed by atoms with Gasteiger partial charge in [-0.25, -0.2) is 9.48 Å². The molecule has 3 N–H and O–H groups in total. The molecule has 0 radical (unpaired) electrons. The third-order valence-corrected chi connectivity index (χ3v) is 2.84. The first kappa shape index (κ1) is 13.7. The van der Waals surface area contributed by atoms with Gasteiger partial charge in [0.1, 0.15) is 11.7 Å². The SMILES string of the molecule is CCC(C(N)=O)n1nnc(C(=O)O)c1-c1cccnc1. The third kappa shape index (κ3) is 2.35. The van der Waals surface area contributed by atoms with E-state index in [0.717, 1.165) is 0 Å². The van der Waals surface area contributed by atoms with Crippen LogP contribution in [0.1, 0.15) is 29.9 Å². The Morgan fingerprint density at radius 3 is 2.75 bits per heavy atom. The molecule has 1 atom stereocenters. The summed E-state index contributed by atoms with van der Waals surface area (Å²) in [5, 5.41) is 16.6. The van der Waals surface area contributed by atoms with Gasteiger partial charge in [0.2, 0.25) is 5.91 Å². The van der Waals surface area contributed by atoms with Gasteiger partial charge in [-0.15, -0.1) is 5.10 Å². The largest absolute Gasteiger partial charge is 0.476 e. The number of amides is 1. The summed E-state index contributed by atoms with van der Waals surface area (Å²) in [7, 11) is 0. The average molecular weight is 275 g/mol. The van der Waals surface area contributed by atoms with Crippen LogP contribution in [0.25, 0.3) is 11.3 Å². The molecule has 1 unspecified atom stereocenters. The van der Waals surface area contributed by atoms with E-state index in [1.54, 1.807) is 25.3 Å². The number of carbonyl (C=O) groups excluding carboxylic acids is 1. The highest BCUT2D eigenvalue weighted by Gasteiger charge is 2.27. The highest BCUT2D eigenvalue weighted by atomic mass is 16.4. The molecule has 1 amide bonds. The predicted octanol–water partition coefficient (Wildman–Crippen LogP) is 0.475. The van der Waals surface area contributed by atoms with Gasteiger partial charge in [0.25, 0.3) is 0 Å². The molecular formula is C12H13N5O3. The van der Waals surface area contributed by atoms with Gasteiger partial charge in [-0.2, -0.15) is 0 Å². The van der Waals surface area contributed by atoms with Crippen LogP contribution in [-0.4, -0.2) is 37.0 Å². The summed E-state index contributed by atoms with van der Waals surface area (Å²) in [5.74, 6) is -1.83. The van der Waals surface area contributed by atoms with Crippen molar-refractivity contribution in [2.75, 3.05) is 0 Å².